The molecule has 1 atom stereocenters. The van der Waals surface area contributed by atoms with Gasteiger partial charge < -0.3 is 15.0 Å². The summed E-state index contributed by atoms with van der Waals surface area (Å²) in [5.41, 5.74) is 8.00. The highest BCUT2D eigenvalue weighted by Crippen LogP contribution is 2.48. The van der Waals surface area contributed by atoms with Crippen molar-refractivity contribution in [3.63, 3.8) is 0 Å². The maximum Gasteiger partial charge on any atom is 0.179 e. The van der Waals surface area contributed by atoms with Crippen LogP contribution < -0.4 is 15.0 Å². The first-order valence-corrected chi connectivity index (χ1v) is 14.7. The lowest BCUT2D eigenvalue weighted by Crippen LogP contribution is -2.46. The number of nitrogens with one attached hydrogen (secondary N) is 1. The van der Waals surface area contributed by atoms with E-state index < -0.39 is 0 Å². The maximum atomic E-state index is 6.50. The van der Waals surface area contributed by atoms with Gasteiger partial charge in [0.25, 0.3) is 0 Å². The van der Waals surface area contributed by atoms with Crippen molar-refractivity contribution in [3.05, 3.63) is 124 Å². The number of anilines is 2. The van der Waals surface area contributed by atoms with Crippen LogP contribution in [0.5, 0.6) is 5.75 Å². The highest BCUT2D eigenvalue weighted by Gasteiger charge is 2.41. The molecule has 8 heteroatoms. The van der Waals surface area contributed by atoms with Gasteiger partial charge in [0, 0.05) is 11.3 Å². The Bertz CT molecular complexity index is 1890. The first-order chi connectivity index (χ1) is 20.9. The number of benzene rings is 4. The number of fused-ring (bicyclic) bond motifs is 4. The smallest absolute Gasteiger partial charge is 0.179 e. The first-order valence-electron chi connectivity index (χ1n) is 14.3. The summed E-state index contributed by atoms with van der Waals surface area (Å²) >= 11 is 6.50. The van der Waals surface area contributed by atoms with E-state index in [0.717, 1.165) is 45.4 Å². The SMILES string of the molecule is COc1ccc(NC2=Nc3ccccc3N3C2=Nc2c(c(C)nn2-c2ccccc2)[C@@H]3c2ccc(C(C)C)cc2)cc1Cl. The van der Waals surface area contributed by atoms with Crippen LogP contribution in [0.25, 0.3) is 5.69 Å². The minimum Gasteiger partial charge on any atom is -0.495 e. The molecule has 0 spiro atoms. The number of hydrogen-bond acceptors (Lipinski definition) is 6. The number of halogens is 1. The van der Waals surface area contributed by atoms with Crippen LogP contribution >= 0.6 is 11.6 Å². The van der Waals surface area contributed by atoms with Gasteiger partial charge in [0.15, 0.2) is 17.5 Å². The number of aliphatic imine (C=N–C) groups is 2. The van der Waals surface area contributed by atoms with E-state index in [1.54, 1.807) is 7.11 Å². The van der Waals surface area contributed by atoms with Crippen LogP contribution in [0, 0.1) is 6.92 Å². The molecular formula is C35H31ClN6O. The Morgan fingerprint density at radius 1 is 0.884 bits per heavy atom. The molecule has 0 amide bonds. The molecule has 2 aliphatic heterocycles. The first kappa shape index (κ1) is 27.0. The third-order valence-electron chi connectivity index (χ3n) is 7.97. The van der Waals surface area contributed by atoms with Gasteiger partial charge in [0.2, 0.25) is 0 Å². The van der Waals surface area contributed by atoms with Gasteiger partial charge in [0.05, 0.1) is 40.9 Å². The van der Waals surface area contributed by atoms with Crippen molar-refractivity contribution in [2.45, 2.75) is 32.7 Å². The second kappa shape index (κ2) is 10.7. The Morgan fingerprint density at radius 2 is 1.63 bits per heavy atom. The van der Waals surface area contributed by atoms with Gasteiger partial charge in [-0.25, -0.2) is 14.7 Å². The van der Waals surface area contributed by atoms with Crippen LogP contribution in [0.3, 0.4) is 0 Å². The van der Waals surface area contributed by atoms with Gasteiger partial charge in [-0.1, -0.05) is 80.0 Å². The molecule has 4 aromatic carbocycles. The predicted molar refractivity (Wildman–Crippen MR) is 175 cm³/mol. The van der Waals surface area contributed by atoms with Crippen LogP contribution in [0.2, 0.25) is 5.02 Å². The van der Waals surface area contributed by atoms with Crippen LogP contribution in [0.15, 0.2) is 107 Å². The van der Waals surface area contributed by atoms with Crippen LogP contribution in [-0.4, -0.2) is 28.6 Å². The van der Waals surface area contributed by atoms with E-state index in [1.807, 2.05) is 59.3 Å². The molecule has 7 rings (SSSR count). The number of hydrogen-bond donors (Lipinski definition) is 1. The van der Waals surface area contributed by atoms with Crippen molar-refractivity contribution in [1.29, 1.82) is 0 Å². The molecule has 1 N–H and O–H groups in total. The average Bonchev–Trinajstić information content (AvgIpc) is 3.36. The van der Waals surface area contributed by atoms with Crippen molar-refractivity contribution in [2.75, 3.05) is 17.3 Å². The normalized spacial score (nSPS) is 15.3. The van der Waals surface area contributed by atoms with E-state index in [-0.39, 0.29) is 6.04 Å². The number of nitrogens with zero attached hydrogens (tertiary/aromatic N) is 5. The van der Waals surface area contributed by atoms with E-state index in [1.165, 1.54) is 5.56 Å². The largest absolute Gasteiger partial charge is 0.495 e. The number of methoxy groups -OCH3 is 1. The Labute approximate surface area is 256 Å². The summed E-state index contributed by atoms with van der Waals surface area (Å²) in [6.07, 6.45) is 0. The van der Waals surface area contributed by atoms with Crippen LogP contribution in [0.1, 0.15) is 48.2 Å². The summed E-state index contributed by atoms with van der Waals surface area (Å²) in [4.78, 5) is 12.7. The molecule has 214 valence electrons. The summed E-state index contributed by atoms with van der Waals surface area (Å²) in [7, 11) is 1.61. The number of amidine groups is 2. The van der Waals surface area contributed by atoms with Gasteiger partial charge in [-0.2, -0.15) is 5.10 Å². The zero-order valence-electron chi connectivity index (χ0n) is 24.4. The number of para-hydroxylation sites is 3. The molecule has 43 heavy (non-hydrogen) atoms. The molecule has 1 aromatic heterocycles. The monoisotopic (exact) mass is 586 g/mol. The minimum atomic E-state index is -0.186. The molecule has 0 unspecified atom stereocenters. The van der Waals surface area contributed by atoms with E-state index >= 15 is 0 Å². The third-order valence-corrected chi connectivity index (χ3v) is 8.27. The molecule has 0 radical (unpaired) electrons. The van der Waals surface area contributed by atoms with Crippen molar-refractivity contribution in [1.82, 2.24) is 9.78 Å². The molecule has 0 saturated carbocycles. The number of ether oxygens (including phenoxy) is 1. The third kappa shape index (κ3) is 4.66. The average molecular weight is 587 g/mol. The van der Waals surface area contributed by atoms with E-state index in [9.17, 15) is 0 Å². The lowest BCUT2D eigenvalue weighted by atomic mass is 9.91. The zero-order valence-corrected chi connectivity index (χ0v) is 25.2. The Kier molecular flexibility index (Phi) is 6.75. The standard InChI is InChI=1S/C35H31ClN6O/c1-21(2)23-14-16-24(17-15-23)32-31-22(3)40-42(26-10-6-5-7-11-26)34(31)39-35-33(37-25-18-19-30(43-4)27(36)20-25)38-28-12-8-9-13-29(28)41(32)35/h5-21,32H,1-4H3,(H,37,38)/t32-/m0/s1. The fourth-order valence-corrected chi connectivity index (χ4v) is 6.06. The number of rotatable bonds is 5. The second-order valence-corrected chi connectivity index (χ2v) is 11.4. The predicted octanol–water partition coefficient (Wildman–Crippen LogP) is 8.76. The minimum absolute atomic E-state index is 0.186. The molecule has 5 aromatic rings. The Hall–Kier alpha value is -4.88. The molecule has 0 bridgehead atoms. The molecular weight excluding hydrogens is 556 g/mol. The number of aryl methyl sites for hydroxylation is 1. The Morgan fingerprint density at radius 3 is 2.35 bits per heavy atom. The zero-order chi connectivity index (χ0) is 29.7. The lowest BCUT2D eigenvalue weighted by Gasteiger charge is -2.40. The van der Waals surface area contributed by atoms with Crippen molar-refractivity contribution < 1.29 is 4.74 Å². The molecule has 0 fully saturated rings. The van der Waals surface area contributed by atoms with Gasteiger partial charge in [-0.15, -0.1) is 0 Å². The molecule has 0 aliphatic carbocycles. The van der Waals surface area contributed by atoms with Gasteiger partial charge in [-0.05, 0) is 66.4 Å². The highest BCUT2D eigenvalue weighted by atomic mass is 35.5. The van der Waals surface area contributed by atoms with E-state index in [0.29, 0.717) is 28.4 Å². The lowest BCUT2D eigenvalue weighted by molar-refractivity contribution is 0.415. The number of aromatic nitrogens is 2. The topological polar surface area (TPSA) is 67.0 Å². The maximum absolute atomic E-state index is 6.50. The molecule has 3 heterocycles. The summed E-state index contributed by atoms with van der Waals surface area (Å²) in [5.74, 6) is 3.15. The van der Waals surface area contributed by atoms with Gasteiger partial charge in [0.1, 0.15) is 5.75 Å². The quantitative estimate of drug-likeness (QED) is 0.223. The van der Waals surface area contributed by atoms with Crippen LogP contribution in [0.4, 0.5) is 22.9 Å². The fraction of sp³-hybridized carbons (Fsp3) is 0.171. The van der Waals surface area contributed by atoms with Crippen molar-refractivity contribution in [2.24, 2.45) is 9.98 Å². The summed E-state index contributed by atoms with van der Waals surface area (Å²) < 4.78 is 7.31. The van der Waals surface area contributed by atoms with Crippen LogP contribution in [-0.2, 0) is 0 Å². The highest BCUT2D eigenvalue weighted by molar-refractivity contribution is 6.51. The van der Waals surface area contributed by atoms with Gasteiger partial charge in [-0.3, -0.25) is 0 Å². The van der Waals surface area contributed by atoms with Crippen molar-refractivity contribution >= 4 is 46.2 Å². The summed E-state index contributed by atoms with van der Waals surface area (Å²) in [6, 6.07) is 32.7. The second-order valence-electron chi connectivity index (χ2n) is 11.0. The molecule has 2 aliphatic rings. The fourth-order valence-electron chi connectivity index (χ4n) is 5.81. The van der Waals surface area contributed by atoms with E-state index in [4.69, 9.17) is 31.4 Å². The molecule has 7 nitrogen and oxygen atoms in total. The summed E-state index contributed by atoms with van der Waals surface area (Å²) in [5, 5.41) is 9.05. The van der Waals surface area contributed by atoms with E-state index in [2.05, 4.69) is 73.5 Å². The summed E-state index contributed by atoms with van der Waals surface area (Å²) in [6.45, 7) is 6.50. The van der Waals surface area contributed by atoms with Crippen molar-refractivity contribution in [3.8, 4) is 11.4 Å². The molecule has 0 saturated heterocycles. The Balaban J connectivity index is 1.46. The van der Waals surface area contributed by atoms with Gasteiger partial charge >= 0.3 is 0 Å².